The maximum atomic E-state index is 3.54. The Labute approximate surface area is 118 Å². The first-order valence-electron chi connectivity index (χ1n) is 7.47. The second-order valence-electron chi connectivity index (χ2n) is 6.60. The van der Waals surface area contributed by atoms with Crippen LogP contribution in [0.1, 0.15) is 31.4 Å². The summed E-state index contributed by atoms with van der Waals surface area (Å²) in [4.78, 5) is 2.48. The molecule has 2 heteroatoms. The van der Waals surface area contributed by atoms with E-state index in [2.05, 4.69) is 62.3 Å². The van der Waals surface area contributed by atoms with Crippen molar-refractivity contribution in [2.75, 3.05) is 26.7 Å². The van der Waals surface area contributed by atoms with Gasteiger partial charge in [-0.25, -0.2) is 0 Å². The molecule has 19 heavy (non-hydrogen) atoms. The highest BCUT2D eigenvalue weighted by Gasteiger charge is 2.37. The molecule has 1 aliphatic heterocycles. The van der Waals surface area contributed by atoms with Crippen molar-refractivity contribution in [1.29, 1.82) is 0 Å². The lowest BCUT2D eigenvalue weighted by molar-refractivity contribution is 0.132. The van der Waals surface area contributed by atoms with Crippen LogP contribution in [0.15, 0.2) is 24.3 Å². The van der Waals surface area contributed by atoms with Crippen LogP contribution in [0, 0.1) is 18.3 Å². The lowest BCUT2D eigenvalue weighted by Crippen LogP contribution is -2.41. The number of benzene rings is 1. The van der Waals surface area contributed by atoms with E-state index < -0.39 is 0 Å². The van der Waals surface area contributed by atoms with Crippen molar-refractivity contribution in [1.82, 2.24) is 10.2 Å². The summed E-state index contributed by atoms with van der Waals surface area (Å²) in [6, 6.07) is 8.92. The Morgan fingerprint density at radius 1 is 1.26 bits per heavy atom. The Kier molecular flexibility index (Phi) is 4.64. The summed E-state index contributed by atoms with van der Waals surface area (Å²) in [5.74, 6) is 0.739. The summed E-state index contributed by atoms with van der Waals surface area (Å²) < 4.78 is 0. The topological polar surface area (TPSA) is 15.3 Å². The van der Waals surface area contributed by atoms with Crippen LogP contribution in [-0.2, 0) is 6.54 Å². The molecular formula is C17H28N2. The average molecular weight is 260 g/mol. The number of hydrogen-bond acceptors (Lipinski definition) is 2. The number of hydrogen-bond donors (Lipinski definition) is 1. The second kappa shape index (κ2) is 6.06. The van der Waals surface area contributed by atoms with Gasteiger partial charge in [0.25, 0.3) is 0 Å². The molecule has 2 nitrogen and oxygen atoms in total. The monoisotopic (exact) mass is 260 g/mol. The van der Waals surface area contributed by atoms with Crippen LogP contribution in [0.4, 0.5) is 0 Å². The minimum absolute atomic E-state index is 0.458. The van der Waals surface area contributed by atoms with Gasteiger partial charge in [-0.15, -0.1) is 0 Å². The lowest BCUT2D eigenvalue weighted by Gasteiger charge is -2.36. The van der Waals surface area contributed by atoms with Gasteiger partial charge in [0.2, 0.25) is 0 Å². The highest BCUT2D eigenvalue weighted by Crippen LogP contribution is 2.34. The van der Waals surface area contributed by atoms with Crippen LogP contribution >= 0.6 is 0 Å². The molecule has 2 rings (SSSR count). The quantitative estimate of drug-likeness (QED) is 0.875. The molecule has 1 aliphatic rings. The summed E-state index contributed by atoms with van der Waals surface area (Å²) in [7, 11) is 2.25. The summed E-state index contributed by atoms with van der Waals surface area (Å²) >= 11 is 0. The molecule has 1 atom stereocenters. The molecule has 0 amide bonds. The van der Waals surface area contributed by atoms with E-state index in [9.17, 15) is 0 Å². The third-order valence-electron chi connectivity index (χ3n) is 4.66. The molecule has 0 spiro atoms. The Morgan fingerprint density at radius 3 is 2.47 bits per heavy atom. The van der Waals surface area contributed by atoms with Crippen molar-refractivity contribution in [3.63, 3.8) is 0 Å². The lowest BCUT2D eigenvalue weighted by atomic mass is 9.76. The van der Waals surface area contributed by atoms with Crippen LogP contribution in [0.25, 0.3) is 0 Å². The normalized spacial score (nSPS) is 23.5. The molecule has 1 fully saturated rings. The van der Waals surface area contributed by atoms with Crippen molar-refractivity contribution in [2.24, 2.45) is 11.3 Å². The fourth-order valence-electron chi connectivity index (χ4n) is 3.17. The third-order valence-corrected chi connectivity index (χ3v) is 4.66. The van der Waals surface area contributed by atoms with Gasteiger partial charge in [0.1, 0.15) is 0 Å². The van der Waals surface area contributed by atoms with Crippen LogP contribution in [0.3, 0.4) is 0 Å². The average Bonchev–Trinajstić information content (AvgIpc) is 2.82. The van der Waals surface area contributed by atoms with E-state index in [0.29, 0.717) is 5.41 Å². The fourth-order valence-corrected chi connectivity index (χ4v) is 3.17. The van der Waals surface area contributed by atoms with Crippen LogP contribution < -0.4 is 5.32 Å². The molecule has 1 saturated heterocycles. The zero-order chi connectivity index (χ0) is 13.9. The molecule has 0 bridgehead atoms. The predicted molar refractivity (Wildman–Crippen MR) is 82.3 cm³/mol. The van der Waals surface area contributed by atoms with Crippen LogP contribution in [-0.4, -0.2) is 31.6 Å². The molecule has 106 valence electrons. The summed E-state index contributed by atoms with van der Waals surface area (Å²) in [5, 5.41) is 3.54. The maximum absolute atomic E-state index is 3.54. The fraction of sp³-hybridized carbons (Fsp3) is 0.647. The van der Waals surface area contributed by atoms with E-state index in [-0.39, 0.29) is 0 Å². The highest BCUT2D eigenvalue weighted by molar-refractivity contribution is 5.21. The Balaban J connectivity index is 1.96. The van der Waals surface area contributed by atoms with Gasteiger partial charge < -0.3 is 10.2 Å². The molecule has 0 aliphatic carbocycles. The van der Waals surface area contributed by atoms with Crippen LogP contribution in [0.2, 0.25) is 0 Å². The van der Waals surface area contributed by atoms with Gasteiger partial charge >= 0.3 is 0 Å². The standard InChI is InChI=1S/C17H28N2/c1-14(2)17(9-10-18-12-17)13-19(4)11-16-7-5-15(3)6-8-16/h5-8,14,18H,9-13H2,1-4H3. The van der Waals surface area contributed by atoms with E-state index in [0.717, 1.165) is 12.5 Å². The molecule has 1 N–H and O–H groups in total. The van der Waals surface area contributed by atoms with Gasteiger partial charge in [-0.05, 0) is 43.8 Å². The molecule has 1 aromatic rings. The van der Waals surface area contributed by atoms with Crippen molar-refractivity contribution in [2.45, 2.75) is 33.7 Å². The van der Waals surface area contributed by atoms with Crippen LogP contribution in [0.5, 0.6) is 0 Å². The molecule has 0 saturated carbocycles. The third kappa shape index (κ3) is 3.58. The smallest absolute Gasteiger partial charge is 0.0230 e. The van der Waals surface area contributed by atoms with Gasteiger partial charge in [0.05, 0.1) is 0 Å². The Morgan fingerprint density at radius 2 is 1.95 bits per heavy atom. The van der Waals surface area contributed by atoms with Crippen molar-refractivity contribution in [3.8, 4) is 0 Å². The molecule has 0 aromatic heterocycles. The summed E-state index contributed by atoms with van der Waals surface area (Å²) in [6.45, 7) is 11.5. The Bertz CT molecular complexity index is 388. The van der Waals surface area contributed by atoms with Gasteiger partial charge in [-0.1, -0.05) is 43.7 Å². The molecule has 1 unspecified atom stereocenters. The van der Waals surface area contributed by atoms with E-state index in [1.54, 1.807) is 0 Å². The largest absolute Gasteiger partial charge is 0.316 e. The van der Waals surface area contributed by atoms with Crippen molar-refractivity contribution >= 4 is 0 Å². The minimum atomic E-state index is 0.458. The summed E-state index contributed by atoms with van der Waals surface area (Å²) in [5.41, 5.74) is 3.21. The highest BCUT2D eigenvalue weighted by atomic mass is 15.1. The molecule has 0 radical (unpaired) electrons. The van der Waals surface area contributed by atoms with Gasteiger partial charge in [0, 0.05) is 19.6 Å². The van der Waals surface area contributed by atoms with Crippen molar-refractivity contribution < 1.29 is 0 Å². The molecule has 1 aromatic carbocycles. The number of nitrogens with one attached hydrogen (secondary N) is 1. The van der Waals surface area contributed by atoms with Gasteiger partial charge in [0.15, 0.2) is 0 Å². The van der Waals surface area contributed by atoms with Gasteiger partial charge in [-0.2, -0.15) is 0 Å². The first kappa shape index (κ1) is 14.5. The first-order valence-corrected chi connectivity index (χ1v) is 7.47. The van der Waals surface area contributed by atoms with E-state index in [4.69, 9.17) is 0 Å². The molecular weight excluding hydrogens is 232 g/mol. The maximum Gasteiger partial charge on any atom is 0.0230 e. The van der Waals surface area contributed by atoms with Gasteiger partial charge in [-0.3, -0.25) is 0 Å². The predicted octanol–water partition coefficient (Wildman–Crippen LogP) is 3.06. The van der Waals surface area contributed by atoms with Crippen molar-refractivity contribution in [3.05, 3.63) is 35.4 Å². The zero-order valence-electron chi connectivity index (χ0n) is 12.9. The summed E-state index contributed by atoms with van der Waals surface area (Å²) in [6.07, 6.45) is 1.31. The second-order valence-corrected chi connectivity index (χ2v) is 6.60. The van der Waals surface area contributed by atoms with E-state index in [1.807, 2.05) is 0 Å². The van der Waals surface area contributed by atoms with E-state index >= 15 is 0 Å². The zero-order valence-corrected chi connectivity index (χ0v) is 12.9. The SMILES string of the molecule is Cc1ccc(CN(C)CC2(C(C)C)CCNC2)cc1. The Hall–Kier alpha value is -0.860. The first-order chi connectivity index (χ1) is 9.02. The number of aryl methyl sites for hydroxylation is 1. The number of nitrogens with zero attached hydrogens (tertiary/aromatic N) is 1. The molecule has 1 heterocycles. The van der Waals surface area contributed by atoms with E-state index in [1.165, 1.54) is 37.2 Å². The number of rotatable bonds is 5. The minimum Gasteiger partial charge on any atom is -0.316 e.